The molecule has 0 heterocycles. The molecule has 0 spiro atoms. The summed E-state index contributed by atoms with van der Waals surface area (Å²) >= 11 is 0. The van der Waals surface area contributed by atoms with Gasteiger partial charge in [0.1, 0.15) is 6.10 Å². The van der Waals surface area contributed by atoms with Crippen molar-refractivity contribution in [1.82, 2.24) is 5.32 Å². The first-order valence-electron chi connectivity index (χ1n) is 23.9. The van der Waals surface area contributed by atoms with Gasteiger partial charge in [0.25, 0.3) is 0 Å². The molecular formula is C48H93NO5. The van der Waals surface area contributed by atoms with Gasteiger partial charge in [0, 0.05) is 6.42 Å². The molecule has 54 heavy (non-hydrogen) atoms. The molecule has 3 unspecified atom stereocenters. The molecule has 320 valence electrons. The van der Waals surface area contributed by atoms with Crippen molar-refractivity contribution in [2.75, 3.05) is 6.61 Å². The topological polar surface area (TPSA) is 95.9 Å². The summed E-state index contributed by atoms with van der Waals surface area (Å²) < 4.78 is 5.88. The van der Waals surface area contributed by atoms with E-state index >= 15 is 0 Å². The third-order valence-corrected chi connectivity index (χ3v) is 11.1. The van der Waals surface area contributed by atoms with Gasteiger partial charge in [-0.15, -0.1) is 0 Å². The van der Waals surface area contributed by atoms with Gasteiger partial charge in [-0.2, -0.15) is 0 Å². The molecule has 3 atom stereocenters. The molecule has 0 aliphatic heterocycles. The van der Waals surface area contributed by atoms with Crippen LogP contribution in [0.25, 0.3) is 0 Å². The monoisotopic (exact) mass is 764 g/mol. The summed E-state index contributed by atoms with van der Waals surface area (Å²) in [5.74, 6) is -0.482. The first kappa shape index (κ1) is 52.6. The summed E-state index contributed by atoms with van der Waals surface area (Å²) in [4.78, 5) is 25.9. The Morgan fingerprint density at radius 1 is 0.519 bits per heavy atom. The number of allylic oxidation sites excluding steroid dienone is 2. The normalized spacial score (nSPS) is 13.4. The maximum atomic E-state index is 13.1. The highest BCUT2D eigenvalue weighted by molar-refractivity contribution is 5.77. The van der Waals surface area contributed by atoms with Gasteiger partial charge in [0.05, 0.1) is 25.2 Å². The maximum Gasteiger partial charge on any atom is 0.306 e. The highest BCUT2D eigenvalue weighted by Gasteiger charge is 2.24. The van der Waals surface area contributed by atoms with Gasteiger partial charge < -0.3 is 20.3 Å². The summed E-state index contributed by atoms with van der Waals surface area (Å²) in [6.07, 6.45) is 45.8. The fraction of sp³-hybridized carbons (Fsp3) is 0.917. The van der Waals surface area contributed by atoms with Crippen LogP contribution in [0.3, 0.4) is 0 Å². The van der Waals surface area contributed by atoms with Crippen molar-refractivity contribution in [3.8, 4) is 0 Å². The van der Waals surface area contributed by atoms with E-state index in [9.17, 15) is 19.8 Å². The van der Waals surface area contributed by atoms with Crippen molar-refractivity contribution in [3.63, 3.8) is 0 Å². The van der Waals surface area contributed by atoms with E-state index in [1.54, 1.807) is 0 Å². The summed E-state index contributed by atoms with van der Waals surface area (Å²) in [6.45, 7) is 6.40. The lowest BCUT2D eigenvalue weighted by atomic mass is 10.0. The molecule has 0 saturated heterocycles. The Morgan fingerprint density at radius 3 is 1.39 bits per heavy atom. The van der Waals surface area contributed by atoms with E-state index < -0.39 is 18.2 Å². The van der Waals surface area contributed by atoms with Crippen molar-refractivity contribution in [1.29, 1.82) is 0 Å². The fourth-order valence-corrected chi connectivity index (χ4v) is 7.43. The molecule has 1 amide bonds. The predicted octanol–water partition coefficient (Wildman–Crippen LogP) is 13.8. The van der Waals surface area contributed by atoms with Crippen molar-refractivity contribution in [2.24, 2.45) is 0 Å². The molecule has 6 heteroatoms. The Labute approximate surface area is 336 Å². The van der Waals surface area contributed by atoms with E-state index in [1.165, 1.54) is 141 Å². The van der Waals surface area contributed by atoms with E-state index in [4.69, 9.17) is 4.74 Å². The van der Waals surface area contributed by atoms with Gasteiger partial charge in [-0.05, 0) is 44.9 Å². The second-order valence-corrected chi connectivity index (χ2v) is 16.5. The molecule has 0 saturated carbocycles. The van der Waals surface area contributed by atoms with Crippen molar-refractivity contribution >= 4 is 11.9 Å². The highest BCUT2D eigenvalue weighted by atomic mass is 16.5. The number of nitrogens with one attached hydrogen (secondary N) is 1. The van der Waals surface area contributed by atoms with Crippen LogP contribution in [0.2, 0.25) is 0 Å². The molecule has 0 rings (SSSR count). The van der Waals surface area contributed by atoms with Gasteiger partial charge in [-0.1, -0.05) is 213 Å². The lowest BCUT2D eigenvalue weighted by Gasteiger charge is -2.24. The van der Waals surface area contributed by atoms with E-state index in [1.807, 2.05) is 0 Å². The Hall–Kier alpha value is -1.40. The minimum atomic E-state index is -0.783. The number of aliphatic hydroxyl groups is 2. The van der Waals surface area contributed by atoms with Crippen LogP contribution in [0, 0.1) is 0 Å². The van der Waals surface area contributed by atoms with Crippen LogP contribution >= 0.6 is 0 Å². The number of rotatable bonds is 43. The van der Waals surface area contributed by atoms with Crippen molar-refractivity contribution in [3.05, 3.63) is 12.2 Å². The van der Waals surface area contributed by atoms with Gasteiger partial charge >= 0.3 is 5.97 Å². The number of carbonyl (C=O) groups is 2. The second kappa shape index (κ2) is 42.7. The lowest BCUT2D eigenvalue weighted by Crippen LogP contribution is -2.46. The summed E-state index contributed by atoms with van der Waals surface area (Å²) in [5.41, 5.74) is 0. The van der Waals surface area contributed by atoms with Crippen LogP contribution in [0.5, 0.6) is 0 Å². The maximum absolute atomic E-state index is 13.1. The van der Waals surface area contributed by atoms with Crippen LogP contribution in [0.15, 0.2) is 12.2 Å². The molecule has 0 aromatic carbocycles. The molecular weight excluding hydrogens is 671 g/mol. The molecule has 0 aromatic heterocycles. The standard InChI is InChI=1S/C48H93NO5/c1-4-7-10-13-16-19-20-21-22-23-24-25-26-27-29-32-35-38-41-48(53)54-44(39-36-33-30-18-15-12-9-6-3)42-47(52)49-45(43-50)46(51)40-37-34-31-28-17-14-11-8-5-2/h12,15,44-46,50-51H,4-11,13-14,16-43H2,1-3H3,(H,49,52)/b15-12-. The van der Waals surface area contributed by atoms with Gasteiger partial charge in [0.2, 0.25) is 5.91 Å². The molecule has 0 aliphatic rings. The number of unbranched alkanes of at least 4 members (excludes halogenated alkanes) is 29. The zero-order valence-electron chi connectivity index (χ0n) is 36.4. The number of hydrogen-bond acceptors (Lipinski definition) is 5. The minimum Gasteiger partial charge on any atom is -0.462 e. The first-order valence-corrected chi connectivity index (χ1v) is 23.9. The minimum absolute atomic E-state index is 0.0719. The molecule has 0 aliphatic carbocycles. The Balaban J connectivity index is 4.36. The molecule has 0 aromatic rings. The second-order valence-electron chi connectivity index (χ2n) is 16.5. The van der Waals surface area contributed by atoms with E-state index in [0.29, 0.717) is 19.3 Å². The number of ether oxygens (including phenoxy) is 1. The lowest BCUT2D eigenvalue weighted by molar-refractivity contribution is -0.151. The molecule has 3 N–H and O–H groups in total. The van der Waals surface area contributed by atoms with Gasteiger partial charge in [0.15, 0.2) is 0 Å². The number of carbonyl (C=O) groups excluding carboxylic acids is 2. The molecule has 0 bridgehead atoms. The Kier molecular flexibility index (Phi) is 41.6. The van der Waals surface area contributed by atoms with Crippen LogP contribution in [-0.4, -0.2) is 46.9 Å². The summed E-state index contributed by atoms with van der Waals surface area (Å²) in [7, 11) is 0. The van der Waals surface area contributed by atoms with Gasteiger partial charge in [-0.25, -0.2) is 0 Å². The van der Waals surface area contributed by atoms with Crippen LogP contribution < -0.4 is 5.32 Å². The third kappa shape index (κ3) is 37.5. The van der Waals surface area contributed by atoms with Gasteiger partial charge in [-0.3, -0.25) is 9.59 Å². The summed E-state index contributed by atoms with van der Waals surface area (Å²) in [6, 6.07) is -0.697. The first-order chi connectivity index (χ1) is 26.5. The SMILES string of the molecule is CCC/C=C\CCCCCC(CC(=O)NC(CO)C(O)CCCCCCCCCCC)OC(=O)CCCCCCCCCCCCCCCCCCCC. The predicted molar refractivity (Wildman–Crippen MR) is 232 cm³/mol. The third-order valence-electron chi connectivity index (χ3n) is 11.1. The Bertz CT molecular complexity index is 817. The Morgan fingerprint density at radius 2 is 0.926 bits per heavy atom. The smallest absolute Gasteiger partial charge is 0.306 e. The number of hydrogen-bond donors (Lipinski definition) is 3. The number of esters is 1. The number of amides is 1. The molecule has 0 radical (unpaired) electrons. The van der Waals surface area contributed by atoms with E-state index in [2.05, 4.69) is 38.2 Å². The highest BCUT2D eigenvalue weighted by Crippen LogP contribution is 2.18. The van der Waals surface area contributed by atoms with E-state index in [0.717, 1.165) is 70.6 Å². The van der Waals surface area contributed by atoms with Crippen LogP contribution in [0.1, 0.15) is 258 Å². The van der Waals surface area contributed by atoms with Crippen molar-refractivity contribution in [2.45, 2.75) is 277 Å². The van der Waals surface area contributed by atoms with Crippen LogP contribution in [-0.2, 0) is 14.3 Å². The van der Waals surface area contributed by atoms with E-state index in [-0.39, 0.29) is 24.9 Å². The quantitative estimate of drug-likeness (QED) is 0.0326. The molecule has 6 nitrogen and oxygen atoms in total. The zero-order valence-corrected chi connectivity index (χ0v) is 36.4. The average molecular weight is 764 g/mol. The fourth-order valence-electron chi connectivity index (χ4n) is 7.43. The number of aliphatic hydroxyl groups excluding tert-OH is 2. The van der Waals surface area contributed by atoms with Crippen LogP contribution in [0.4, 0.5) is 0 Å². The van der Waals surface area contributed by atoms with Crippen molar-refractivity contribution < 1.29 is 24.5 Å². The largest absolute Gasteiger partial charge is 0.462 e. The zero-order chi connectivity index (χ0) is 39.6. The average Bonchev–Trinajstić information content (AvgIpc) is 3.16. The molecule has 0 fully saturated rings. The summed E-state index contributed by atoms with van der Waals surface area (Å²) in [5, 5.41) is 23.5.